The molecule has 0 radical (unpaired) electrons. The second kappa shape index (κ2) is 9.98. The van der Waals surface area contributed by atoms with E-state index in [1.54, 1.807) is 43.3 Å². The summed E-state index contributed by atoms with van der Waals surface area (Å²) in [6.07, 6.45) is 0. The fourth-order valence-electron chi connectivity index (χ4n) is 4.25. The van der Waals surface area contributed by atoms with Crippen LogP contribution in [0.5, 0.6) is 0 Å². The highest BCUT2D eigenvalue weighted by Gasteiger charge is 2.27. The molecule has 0 aliphatic heterocycles. The first-order valence-corrected chi connectivity index (χ1v) is 13.0. The summed E-state index contributed by atoms with van der Waals surface area (Å²) >= 11 is 13.4. The van der Waals surface area contributed by atoms with E-state index in [-0.39, 0.29) is 17.4 Å². The molecular weight excluding hydrogens is 525 g/mol. The monoisotopic (exact) mass is 545 g/mol. The number of pyridine rings is 1. The minimum absolute atomic E-state index is 0.234. The molecule has 0 bridgehead atoms. The highest BCUT2D eigenvalue weighted by Crippen LogP contribution is 2.43. The third kappa shape index (κ3) is 4.71. The van der Waals surface area contributed by atoms with Gasteiger partial charge >= 0.3 is 0 Å². The molecule has 2 heterocycles. The number of rotatable bonds is 5. The van der Waals surface area contributed by atoms with Crippen LogP contribution < -0.4 is 11.1 Å². The number of fused-ring (bicyclic) bond motifs is 1. The summed E-state index contributed by atoms with van der Waals surface area (Å²) < 4.78 is 0. The van der Waals surface area contributed by atoms with E-state index in [4.69, 9.17) is 33.9 Å². The number of nitrogens with one attached hydrogen (secondary N) is 1. The lowest BCUT2D eigenvalue weighted by Gasteiger charge is -2.16. The maximum Gasteiger partial charge on any atom is 0.258 e. The Morgan fingerprint density at radius 1 is 0.892 bits per heavy atom. The summed E-state index contributed by atoms with van der Waals surface area (Å²) in [5.74, 6) is -0.551. The number of nitrogen functional groups attached to an aromatic ring is 1. The summed E-state index contributed by atoms with van der Waals surface area (Å²) in [5.41, 5.74) is 11.3. The second-order valence-corrected chi connectivity index (χ2v) is 10.5. The first kappa shape index (κ1) is 25.0. The van der Waals surface area contributed by atoms with Gasteiger partial charge in [-0.25, -0.2) is 4.98 Å². The van der Waals surface area contributed by atoms with E-state index in [9.17, 15) is 9.59 Å². The molecule has 5 rings (SSSR count). The highest BCUT2D eigenvalue weighted by atomic mass is 35.5. The predicted molar refractivity (Wildman–Crippen MR) is 153 cm³/mol. The zero-order chi connectivity index (χ0) is 26.3. The number of hydrogen-bond acceptors (Lipinski definition) is 5. The van der Waals surface area contributed by atoms with E-state index >= 15 is 0 Å². The maximum absolute atomic E-state index is 13.7. The first-order valence-electron chi connectivity index (χ1n) is 11.4. The lowest BCUT2D eigenvalue weighted by Crippen LogP contribution is -2.16. The van der Waals surface area contributed by atoms with Crippen LogP contribution in [0.3, 0.4) is 0 Å². The van der Waals surface area contributed by atoms with Crippen molar-refractivity contribution in [3.05, 3.63) is 110 Å². The van der Waals surface area contributed by atoms with Crippen LogP contribution in [-0.2, 0) is 0 Å². The van der Waals surface area contributed by atoms with Gasteiger partial charge in [0.1, 0.15) is 9.71 Å². The number of amides is 1. The van der Waals surface area contributed by atoms with Gasteiger partial charge in [-0.1, -0.05) is 53.5 Å². The Balaban J connectivity index is 1.74. The molecule has 3 N–H and O–H groups in total. The molecule has 0 atom stereocenters. The Labute approximate surface area is 227 Å². The molecule has 0 saturated heterocycles. The molecule has 2 aromatic heterocycles. The quantitative estimate of drug-likeness (QED) is 0.219. The molecule has 37 heavy (non-hydrogen) atoms. The number of anilines is 2. The van der Waals surface area contributed by atoms with Crippen molar-refractivity contribution in [2.75, 3.05) is 11.1 Å². The lowest BCUT2D eigenvalue weighted by atomic mass is 9.94. The van der Waals surface area contributed by atoms with Crippen molar-refractivity contribution in [1.82, 2.24) is 4.98 Å². The Hall–Kier alpha value is -3.71. The van der Waals surface area contributed by atoms with Crippen molar-refractivity contribution in [3.63, 3.8) is 0 Å². The number of aromatic nitrogens is 1. The summed E-state index contributed by atoms with van der Waals surface area (Å²) in [6, 6.07) is 21.4. The third-order valence-electron chi connectivity index (χ3n) is 6.12. The molecule has 0 unspecified atom stereocenters. The summed E-state index contributed by atoms with van der Waals surface area (Å²) in [7, 11) is 0. The summed E-state index contributed by atoms with van der Waals surface area (Å²) in [6.45, 7) is 3.71. The number of nitrogens with two attached hydrogens (primary N) is 1. The minimum Gasteiger partial charge on any atom is -0.397 e. The van der Waals surface area contributed by atoms with E-state index in [0.29, 0.717) is 53.2 Å². The van der Waals surface area contributed by atoms with Crippen LogP contribution in [0, 0.1) is 13.8 Å². The number of carbonyl (C=O) groups excluding carboxylic acids is 2. The van der Waals surface area contributed by atoms with Gasteiger partial charge in [-0.15, -0.1) is 11.3 Å². The third-order valence-corrected chi connectivity index (χ3v) is 7.73. The molecule has 0 saturated carbocycles. The molecule has 0 spiro atoms. The van der Waals surface area contributed by atoms with E-state index in [2.05, 4.69) is 5.32 Å². The zero-order valence-electron chi connectivity index (χ0n) is 19.9. The van der Waals surface area contributed by atoms with E-state index in [0.717, 1.165) is 11.1 Å². The van der Waals surface area contributed by atoms with Crippen LogP contribution in [0.2, 0.25) is 10.0 Å². The number of para-hydroxylation sites is 1. The van der Waals surface area contributed by atoms with Crippen LogP contribution in [-0.4, -0.2) is 16.7 Å². The van der Waals surface area contributed by atoms with E-state index in [1.165, 1.54) is 11.3 Å². The largest absolute Gasteiger partial charge is 0.397 e. The molecule has 5 nitrogen and oxygen atoms in total. The van der Waals surface area contributed by atoms with Crippen LogP contribution in [0.1, 0.15) is 36.9 Å². The van der Waals surface area contributed by atoms with Crippen molar-refractivity contribution < 1.29 is 9.59 Å². The van der Waals surface area contributed by atoms with Gasteiger partial charge in [0.25, 0.3) is 5.91 Å². The van der Waals surface area contributed by atoms with Crippen molar-refractivity contribution in [3.8, 4) is 11.1 Å². The highest BCUT2D eigenvalue weighted by molar-refractivity contribution is 7.21. The van der Waals surface area contributed by atoms with Gasteiger partial charge in [0.2, 0.25) is 5.78 Å². The topological polar surface area (TPSA) is 85.1 Å². The van der Waals surface area contributed by atoms with Gasteiger partial charge in [-0.2, -0.15) is 0 Å². The van der Waals surface area contributed by atoms with Crippen molar-refractivity contribution in [2.45, 2.75) is 13.8 Å². The van der Waals surface area contributed by atoms with Gasteiger partial charge in [-0.05, 0) is 67.4 Å². The van der Waals surface area contributed by atoms with Crippen LogP contribution in [0.25, 0.3) is 21.3 Å². The average molecular weight is 546 g/mol. The zero-order valence-corrected chi connectivity index (χ0v) is 22.3. The van der Waals surface area contributed by atoms with Crippen LogP contribution in [0.15, 0.2) is 72.8 Å². The van der Waals surface area contributed by atoms with E-state index < -0.39 is 0 Å². The molecule has 0 fully saturated rings. The number of halogens is 2. The summed E-state index contributed by atoms with van der Waals surface area (Å²) in [5, 5.41) is 4.67. The number of aryl methyl sites for hydroxylation is 2. The number of thiophene rings is 1. The lowest BCUT2D eigenvalue weighted by molar-refractivity contribution is 0.102. The van der Waals surface area contributed by atoms with Crippen molar-refractivity contribution in [2.24, 2.45) is 0 Å². The van der Waals surface area contributed by atoms with Crippen molar-refractivity contribution >= 4 is 67.8 Å². The second-order valence-electron chi connectivity index (χ2n) is 8.58. The molecule has 184 valence electrons. The van der Waals surface area contributed by atoms with Crippen molar-refractivity contribution in [1.29, 1.82) is 0 Å². The van der Waals surface area contributed by atoms with Crippen LogP contribution >= 0.6 is 34.5 Å². The number of ketones is 1. The normalized spacial score (nSPS) is 11.0. The molecule has 3 aromatic carbocycles. The summed E-state index contributed by atoms with van der Waals surface area (Å²) in [4.78, 5) is 32.7. The van der Waals surface area contributed by atoms with Gasteiger partial charge < -0.3 is 11.1 Å². The SMILES string of the molecule is Cc1ccccc1NC(=O)c1c(C)nc2sc(C(=O)c3ccc(Cl)cc3)c(N)c2c1-c1ccc(Cl)cc1. The van der Waals surface area contributed by atoms with Gasteiger partial charge in [0.05, 0.1) is 16.9 Å². The number of hydrogen-bond donors (Lipinski definition) is 2. The Morgan fingerprint density at radius 2 is 1.51 bits per heavy atom. The number of carbonyl (C=O) groups is 2. The Morgan fingerprint density at radius 3 is 2.16 bits per heavy atom. The minimum atomic E-state index is -0.317. The molecule has 1 amide bonds. The van der Waals surface area contributed by atoms with E-state index in [1.807, 2.05) is 43.3 Å². The number of benzene rings is 3. The molecule has 0 aliphatic rings. The van der Waals surface area contributed by atoms with Crippen LogP contribution in [0.4, 0.5) is 11.4 Å². The predicted octanol–water partition coefficient (Wildman–Crippen LogP) is 7.95. The maximum atomic E-state index is 13.7. The fourth-order valence-corrected chi connectivity index (χ4v) is 5.61. The Kier molecular flexibility index (Phi) is 6.73. The molecular formula is C29H21Cl2N3O2S. The standard InChI is InChI=1S/C29H21Cl2N3O2S/c1-15-5-3-4-6-21(15)34-28(36)22-16(2)33-29-24(23(22)17-7-11-19(30)12-8-17)25(32)27(37-29)26(35)18-9-13-20(31)14-10-18/h3-14H,32H2,1-2H3,(H,34,36). The number of nitrogens with zero attached hydrogens (tertiary/aromatic N) is 1. The molecule has 8 heteroatoms. The van der Waals surface area contributed by atoms with Gasteiger partial charge in [-0.3, -0.25) is 9.59 Å². The van der Waals surface area contributed by atoms with Gasteiger partial charge in [0, 0.05) is 32.2 Å². The molecule has 0 aliphatic carbocycles. The molecule has 5 aromatic rings. The first-order chi connectivity index (χ1) is 17.7. The average Bonchev–Trinajstić information content (AvgIpc) is 3.20. The smallest absolute Gasteiger partial charge is 0.258 e. The van der Waals surface area contributed by atoms with Gasteiger partial charge in [0.15, 0.2) is 0 Å². The fraction of sp³-hybridized carbons (Fsp3) is 0.0690. The Bertz CT molecular complexity index is 1680.